The van der Waals surface area contributed by atoms with Gasteiger partial charge in [-0.1, -0.05) is 42.5 Å². The van der Waals surface area contributed by atoms with Crippen LogP contribution in [0.15, 0.2) is 66.7 Å². The van der Waals surface area contributed by atoms with Crippen molar-refractivity contribution in [3.63, 3.8) is 0 Å². The van der Waals surface area contributed by atoms with Gasteiger partial charge in [-0.3, -0.25) is 4.98 Å². The van der Waals surface area contributed by atoms with Crippen molar-refractivity contribution in [1.29, 1.82) is 0 Å². The van der Waals surface area contributed by atoms with Gasteiger partial charge in [0.25, 0.3) is 0 Å². The van der Waals surface area contributed by atoms with Gasteiger partial charge < -0.3 is 9.30 Å². The van der Waals surface area contributed by atoms with Gasteiger partial charge in [-0.2, -0.15) is 0 Å². The summed E-state index contributed by atoms with van der Waals surface area (Å²) in [5, 5.41) is 2.13. The van der Waals surface area contributed by atoms with E-state index in [0.29, 0.717) is 18.8 Å². The highest BCUT2D eigenvalue weighted by Gasteiger charge is 2.17. The third-order valence-corrected chi connectivity index (χ3v) is 4.27. The van der Waals surface area contributed by atoms with Crippen molar-refractivity contribution in [3.8, 4) is 0 Å². The topological polar surface area (TPSA) is 44.1 Å². The van der Waals surface area contributed by atoms with Crippen molar-refractivity contribution in [2.75, 3.05) is 6.61 Å². The minimum atomic E-state index is -0.306. The summed E-state index contributed by atoms with van der Waals surface area (Å²) >= 11 is 0. The normalized spacial score (nSPS) is 11.1. The van der Waals surface area contributed by atoms with Crippen molar-refractivity contribution >= 4 is 27.8 Å². The molecule has 124 valence electrons. The zero-order valence-electron chi connectivity index (χ0n) is 14.0. The Labute approximate surface area is 145 Å². The first-order chi connectivity index (χ1) is 12.3. The first-order valence-electron chi connectivity index (χ1n) is 8.36. The van der Waals surface area contributed by atoms with Crippen LogP contribution in [0.5, 0.6) is 0 Å². The Hall–Kier alpha value is -3.14. The summed E-state index contributed by atoms with van der Waals surface area (Å²) in [5.74, 6) is -0.306. The van der Waals surface area contributed by atoms with Crippen molar-refractivity contribution in [3.05, 3.63) is 78.1 Å². The molecule has 0 unspecified atom stereocenters. The molecule has 0 fully saturated rings. The highest BCUT2D eigenvalue weighted by Crippen LogP contribution is 2.22. The first kappa shape index (κ1) is 15.4. The van der Waals surface area contributed by atoms with E-state index in [9.17, 15) is 4.79 Å². The minimum Gasteiger partial charge on any atom is -0.461 e. The Morgan fingerprint density at radius 2 is 1.76 bits per heavy atom. The monoisotopic (exact) mass is 330 g/mol. The zero-order chi connectivity index (χ0) is 17.2. The van der Waals surface area contributed by atoms with Crippen molar-refractivity contribution in [2.45, 2.75) is 13.5 Å². The molecule has 0 amide bonds. The number of aromatic nitrogens is 2. The quantitative estimate of drug-likeness (QED) is 0.520. The fraction of sp³-hybridized carbons (Fsp3) is 0.143. The third kappa shape index (κ3) is 2.87. The molecule has 0 saturated carbocycles. The second kappa shape index (κ2) is 6.40. The van der Waals surface area contributed by atoms with E-state index in [1.807, 2.05) is 72.2 Å². The summed E-state index contributed by atoms with van der Waals surface area (Å²) in [4.78, 5) is 17.1. The number of pyridine rings is 1. The van der Waals surface area contributed by atoms with Gasteiger partial charge in [0.15, 0.2) is 0 Å². The van der Waals surface area contributed by atoms with Crippen LogP contribution in [-0.2, 0) is 11.3 Å². The number of hydrogen-bond acceptors (Lipinski definition) is 3. The number of nitrogens with zero attached hydrogens (tertiary/aromatic N) is 2. The van der Waals surface area contributed by atoms with Crippen LogP contribution in [0.4, 0.5) is 0 Å². The lowest BCUT2D eigenvalue weighted by atomic mass is 10.2. The van der Waals surface area contributed by atoms with Gasteiger partial charge in [-0.15, -0.1) is 0 Å². The summed E-state index contributed by atoms with van der Waals surface area (Å²) in [5.41, 5.74) is 3.42. The highest BCUT2D eigenvalue weighted by atomic mass is 16.5. The van der Waals surface area contributed by atoms with Crippen LogP contribution in [-0.4, -0.2) is 22.1 Å². The lowest BCUT2D eigenvalue weighted by molar-refractivity contribution is 0.0515. The summed E-state index contributed by atoms with van der Waals surface area (Å²) in [6, 6.07) is 21.9. The van der Waals surface area contributed by atoms with E-state index in [4.69, 9.17) is 9.72 Å². The van der Waals surface area contributed by atoms with Crippen LogP contribution in [0.1, 0.15) is 23.1 Å². The molecule has 25 heavy (non-hydrogen) atoms. The van der Waals surface area contributed by atoms with Crippen LogP contribution in [0.25, 0.3) is 21.8 Å². The molecule has 0 radical (unpaired) electrons. The van der Waals surface area contributed by atoms with Crippen LogP contribution in [0, 0.1) is 0 Å². The Bertz CT molecular complexity index is 1070. The van der Waals surface area contributed by atoms with Crippen LogP contribution >= 0.6 is 0 Å². The fourth-order valence-corrected chi connectivity index (χ4v) is 3.11. The molecular weight excluding hydrogens is 312 g/mol. The Morgan fingerprint density at radius 1 is 1.00 bits per heavy atom. The smallest absolute Gasteiger partial charge is 0.354 e. The van der Waals surface area contributed by atoms with E-state index < -0.39 is 0 Å². The van der Waals surface area contributed by atoms with E-state index in [1.165, 1.54) is 0 Å². The SMILES string of the molecule is CCOC(=O)c1cc2ccccc2n1Cc1ccc2ccccc2n1. The molecule has 4 nitrogen and oxygen atoms in total. The van der Waals surface area contributed by atoms with Crippen LogP contribution in [0.3, 0.4) is 0 Å². The number of rotatable bonds is 4. The zero-order valence-corrected chi connectivity index (χ0v) is 14.0. The Balaban J connectivity index is 1.81. The van der Waals surface area contributed by atoms with Crippen LogP contribution < -0.4 is 0 Å². The Morgan fingerprint density at radius 3 is 2.60 bits per heavy atom. The highest BCUT2D eigenvalue weighted by molar-refractivity contribution is 5.95. The molecule has 0 N–H and O–H groups in total. The standard InChI is InChI=1S/C21H18N2O2/c1-2-25-21(24)20-13-16-8-4-6-10-19(16)23(20)14-17-12-11-15-7-3-5-9-18(15)22-17/h3-13H,2,14H2,1H3. The van der Waals surface area contributed by atoms with Gasteiger partial charge in [0.2, 0.25) is 0 Å². The summed E-state index contributed by atoms with van der Waals surface area (Å²) < 4.78 is 7.20. The van der Waals surface area contributed by atoms with E-state index in [1.54, 1.807) is 0 Å². The molecular formula is C21H18N2O2. The van der Waals surface area contributed by atoms with E-state index in [0.717, 1.165) is 27.5 Å². The number of ether oxygens (including phenoxy) is 1. The lowest BCUT2D eigenvalue weighted by Gasteiger charge is -2.10. The van der Waals surface area contributed by atoms with Crippen molar-refractivity contribution in [1.82, 2.24) is 9.55 Å². The third-order valence-electron chi connectivity index (χ3n) is 4.27. The molecule has 2 aromatic carbocycles. The molecule has 2 aromatic heterocycles. The Kier molecular flexibility index (Phi) is 3.94. The average Bonchev–Trinajstić information content (AvgIpc) is 3.01. The molecule has 0 aliphatic heterocycles. The number of fused-ring (bicyclic) bond motifs is 2. The van der Waals surface area contributed by atoms with Crippen molar-refractivity contribution in [2.24, 2.45) is 0 Å². The number of benzene rings is 2. The molecule has 0 atom stereocenters. The van der Waals surface area contributed by atoms with Gasteiger partial charge in [-0.25, -0.2) is 4.79 Å². The summed E-state index contributed by atoms with van der Waals surface area (Å²) in [6.07, 6.45) is 0. The number of carbonyl (C=O) groups is 1. The second-order valence-electron chi connectivity index (χ2n) is 5.89. The maximum Gasteiger partial charge on any atom is 0.354 e. The van der Waals surface area contributed by atoms with Crippen LogP contribution in [0.2, 0.25) is 0 Å². The number of para-hydroxylation sites is 2. The molecule has 0 spiro atoms. The van der Waals surface area contributed by atoms with Gasteiger partial charge in [-0.05, 0) is 31.2 Å². The molecule has 0 aliphatic carbocycles. The number of hydrogen-bond donors (Lipinski definition) is 0. The molecule has 4 aromatic rings. The predicted molar refractivity (Wildman–Crippen MR) is 98.7 cm³/mol. The van der Waals surface area contributed by atoms with Gasteiger partial charge in [0, 0.05) is 16.3 Å². The van der Waals surface area contributed by atoms with E-state index in [2.05, 4.69) is 6.07 Å². The number of carbonyl (C=O) groups excluding carboxylic acids is 1. The largest absolute Gasteiger partial charge is 0.461 e. The maximum atomic E-state index is 12.4. The molecule has 4 rings (SSSR count). The van der Waals surface area contributed by atoms with Gasteiger partial charge >= 0.3 is 5.97 Å². The van der Waals surface area contributed by atoms with E-state index in [-0.39, 0.29) is 5.97 Å². The van der Waals surface area contributed by atoms with Crippen molar-refractivity contribution < 1.29 is 9.53 Å². The maximum absolute atomic E-state index is 12.4. The minimum absolute atomic E-state index is 0.306. The lowest BCUT2D eigenvalue weighted by Crippen LogP contribution is -2.13. The van der Waals surface area contributed by atoms with Gasteiger partial charge in [0.05, 0.1) is 24.4 Å². The first-order valence-corrected chi connectivity index (χ1v) is 8.36. The van der Waals surface area contributed by atoms with E-state index >= 15 is 0 Å². The summed E-state index contributed by atoms with van der Waals surface area (Å²) in [7, 11) is 0. The molecule has 0 saturated heterocycles. The predicted octanol–water partition coefficient (Wildman–Crippen LogP) is 4.41. The molecule has 4 heteroatoms. The molecule has 2 heterocycles. The second-order valence-corrected chi connectivity index (χ2v) is 5.89. The fourth-order valence-electron chi connectivity index (χ4n) is 3.11. The van der Waals surface area contributed by atoms with Gasteiger partial charge in [0.1, 0.15) is 5.69 Å². The average molecular weight is 330 g/mol. The number of esters is 1. The summed E-state index contributed by atoms with van der Waals surface area (Å²) in [6.45, 7) is 2.69. The molecule has 0 aliphatic rings. The molecule has 0 bridgehead atoms.